The van der Waals surface area contributed by atoms with E-state index in [1.54, 1.807) is 24.3 Å². The van der Waals surface area contributed by atoms with E-state index < -0.39 is 0 Å². The first-order chi connectivity index (χ1) is 17.5. The summed E-state index contributed by atoms with van der Waals surface area (Å²) in [5, 5.41) is 10.4. The summed E-state index contributed by atoms with van der Waals surface area (Å²) in [4.78, 5) is 56.7. The zero-order valence-corrected chi connectivity index (χ0v) is 20.3. The van der Waals surface area contributed by atoms with Gasteiger partial charge in [-0.25, -0.2) is 9.89 Å². The summed E-state index contributed by atoms with van der Waals surface area (Å²) < 4.78 is 0. The highest BCUT2D eigenvalue weighted by atomic mass is 16.2. The molecule has 2 bridgehead atoms. The largest absolute Gasteiger partial charge is 0.348 e. The zero-order valence-electron chi connectivity index (χ0n) is 20.3. The summed E-state index contributed by atoms with van der Waals surface area (Å²) in [6, 6.07) is 7.25. The lowest BCUT2D eigenvalue weighted by atomic mass is 9.76. The van der Waals surface area contributed by atoms with Crippen molar-refractivity contribution in [1.82, 2.24) is 30.2 Å². The highest BCUT2D eigenvalue weighted by molar-refractivity contribution is 6.04. The van der Waals surface area contributed by atoms with Crippen LogP contribution in [0, 0.1) is 11.8 Å². The van der Waals surface area contributed by atoms with Gasteiger partial charge in [0.25, 0.3) is 11.5 Å². The number of fused-ring (bicyclic) bond motifs is 5. The maximum atomic E-state index is 13.4. The third-order valence-corrected chi connectivity index (χ3v) is 8.46. The molecule has 4 saturated heterocycles. The van der Waals surface area contributed by atoms with E-state index in [0.29, 0.717) is 61.5 Å². The van der Waals surface area contributed by atoms with E-state index >= 15 is 0 Å². The number of amides is 4. The second kappa shape index (κ2) is 9.22. The summed E-state index contributed by atoms with van der Waals surface area (Å²) >= 11 is 0. The number of nitrogens with zero attached hydrogens (tertiary/aromatic N) is 4. The van der Waals surface area contributed by atoms with Crippen LogP contribution in [0.3, 0.4) is 0 Å². The van der Waals surface area contributed by atoms with Crippen LogP contribution in [-0.2, 0) is 4.79 Å². The van der Waals surface area contributed by atoms with E-state index in [9.17, 15) is 19.2 Å². The Labute approximate surface area is 209 Å². The van der Waals surface area contributed by atoms with Crippen LogP contribution in [-0.4, -0.2) is 87.6 Å². The molecule has 1 aromatic heterocycles. The molecule has 0 unspecified atom stereocenters. The lowest BCUT2D eigenvalue weighted by molar-refractivity contribution is -0.144. The molecule has 4 fully saturated rings. The fourth-order valence-corrected chi connectivity index (χ4v) is 6.72. The summed E-state index contributed by atoms with van der Waals surface area (Å²) in [5.41, 5.74) is -0.114. The van der Waals surface area contributed by atoms with Gasteiger partial charge in [-0.3, -0.25) is 14.4 Å². The minimum atomic E-state index is -0.321. The first-order valence-corrected chi connectivity index (χ1v) is 13.1. The van der Waals surface area contributed by atoms with Crippen molar-refractivity contribution >= 4 is 28.6 Å². The van der Waals surface area contributed by atoms with Crippen molar-refractivity contribution in [3.05, 3.63) is 40.3 Å². The Kier molecular flexibility index (Phi) is 5.89. The molecule has 2 aromatic rings. The van der Waals surface area contributed by atoms with E-state index in [4.69, 9.17) is 0 Å². The van der Waals surface area contributed by atoms with Gasteiger partial charge in [-0.2, -0.15) is 5.10 Å². The second-order valence-corrected chi connectivity index (χ2v) is 10.7. The van der Waals surface area contributed by atoms with Crippen LogP contribution in [0.4, 0.5) is 4.79 Å². The SMILES string of the molecule is O=C(NC1CCN(C(=O)N2C[C@@H]3C[C@H](C2)[C@H]2CCCC(=O)N2C3)CC1)c1n[nH]c(=O)c2ccccc12. The third-order valence-electron chi connectivity index (χ3n) is 8.46. The number of piperidine rings is 4. The van der Waals surface area contributed by atoms with Crippen molar-refractivity contribution in [2.75, 3.05) is 32.7 Å². The van der Waals surface area contributed by atoms with Gasteiger partial charge in [-0.1, -0.05) is 18.2 Å². The van der Waals surface area contributed by atoms with Gasteiger partial charge in [0, 0.05) is 56.6 Å². The molecule has 36 heavy (non-hydrogen) atoms. The number of rotatable bonds is 2. The molecule has 6 rings (SSSR count). The van der Waals surface area contributed by atoms with E-state index in [1.165, 1.54) is 0 Å². The minimum absolute atomic E-state index is 0.0587. The number of aromatic nitrogens is 2. The molecule has 2 N–H and O–H groups in total. The Morgan fingerprint density at radius 3 is 2.56 bits per heavy atom. The normalized spacial score (nSPS) is 26.6. The molecule has 0 radical (unpaired) electrons. The lowest BCUT2D eigenvalue weighted by Crippen LogP contribution is -2.62. The third kappa shape index (κ3) is 4.12. The van der Waals surface area contributed by atoms with Crippen LogP contribution in [0.1, 0.15) is 49.0 Å². The maximum absolute atomic E-state index is 13.4. The van der Waals surface area contributed by atoms with Crippen LogP contribution in [0.2, 0.25) is 0 Å². The summed E-state index contributed by atoms with van der Waals surface area (Å²) in [5.74, 6) is 0.710. The molecule has 10 nitrogen and oxygen atoms in total. The van der Waals surface area contributed by atoms with Gasteiger partial charge in [0.05, 0.1) is 5.39 Å². The van der Waals surface area contributed by atoms with Crippen molar-refractivity contribution in [3.63, 3.8) is 0 Å². The molecule has 190 valence electrons. The average Bonchev–Trinajstić information content (AvgIpc) is 2.89. The highest BCUT2D eigenvalue weighted by Crippen LogP contribution is 2.38. The summed E-state index contributed by atoms with van der Waals surface area (Å²) in [6.07, 6.45) is 5.13. The smallest absolute Gasteiger partial charge is 0.320 e. The second-order valence-electron chi connectivity index (χ2n) is 10.7. The van der Waals surface area contributed by atoms with Gasteiger partial charge in [-0.15, -0.1) is 0 Å². The molecule has 1 aromatic carbocycles. The molecule has 0 spiro atoms. The molecule has 0 aliphatic carbocycles. The molecule has 4 aliphatic heterocycles. The quantitative estimate of drug-likeness (QED) is 0.660. The van der Waals surface area contributed by atoms with Crippen molar-refractivity contribution in [3.8, 4) is 0 Å². The molecule has 0 saturated carbocycles. The molecule has 10 heteroatoms. The standard InChI is InChI=1S/C26H32N6O4/c33-22-7-3-6-21-17-12-16(14-32(21)22)13-31(15-17)26(36)30-10-8-18(9-11-30)27-25(35)23-19-4-1-2-5-20(19)24(34)29-28-23/h1-2,4-5,16-18,21H,3,6-15H2,(H,27,35)(H,29,34)/t16-,17+,21+/m0/s1. The monoisotopic (exact) mass is 492 g/mol. The number of H-pyrrole nitrogens is 1. The van der Waals surface area contributed by atoms with Gasteiger partial charge >= 0.3 is 6.03 Å². The predicted molar refractivity (Wildman–Crippen MR) is 132 cm³/mol. The molecule has 4 aliphatic rings. The summed E-state index contributed by atoms with van der Waals surface area (Å²) in [6.45, 7) is 3.40. The van der Waals surface area contributed by atoms with E-state index in [-0.39, 0.29) is 41.2 Å². The van der Waals surface area contributed by atoms with E-state index in [1.807, 2.05) is 9.80 Å². The predicted octanol–water partition coefficient (Wildman–Crippen LogP) is 1.57. The average molecular weight is 493 g/mol. The Morgan fingerprint density at radius 1 is 0.972 bits per heavy atom. The molecule has 4 amide bonds. The first-order valence-electron chi connectivity index (χ1n) is 13.1. The first kappa shape index (κ1) is 23.0. The van der Waals surface area contributed by atoms with Gasteiger partial charge in [0.15, 0.2) is 5.69 Å². The van der Waals surface area contributed by atoms with Crippen molar-refractivity contribution in [2.45, 2.75) is 50.6 Å². The molecule has 3 atom stereocenters. The summed E-state index contributed by atoms with van der Waals surface area (Å²) in [7, 11) is 0. The number of carbonyl (C=O) groups is 3. The van der Waals surface area contributed by atoms with Crippen LogP contribution >= 0.6 is 0 Å². The number of hydrogen-bond acceptors (Lipinski definition) is 5. The fourth-order valence-electron chi connectivity index (χ4n) is 6.72. The number of carbonyl (C=O) groups excluding carboxylic acids is 3. The fraction of sp³-hybridized carbons (Fsp3) is 0.577. The maximum Gasteiger partial charge on any atom is 0.320 e. The van der Waals surface area contributed by atoms with E-state index in [2.05, 4.69) is 20.4 Å². The molecular weight excluding hydrogens is 460 g/mol. The van der Waals surface area contributed by atoms with Crippen LogP contribution in [0.25, 0.3) is 10.8 Å². The number of aromatic amines is 1. The van der Waals surface area contributed by atoms with Gasteiger partial charge in [0.2, 0.25) is 5.91 Å². The Hall–Kier alpha value is -3.43. The Bertz CT molecular complexity index is 1250. The zero-order chi connectivity index (χ0) is 24.8. The van der Waals surface area contributed by atoms with E-state index in [0.717, 1.165) is 32.4 Å². The number of benzene rings is 1. The van der Waals surface area contributed by atoms with Crippen LogP contribution in [0.15, 0.2) is 29.1 Å². The number of nitrogens with one attached hydrogen (secondary N) is 2. The van der Waals surface area contributed by atoms with Crippen LogP contribution in [0.5, 0.6) is 0 Å². The minimum Gasteiger partial charge on any atom is -0.348 e. The Morgan fingerprint density at radius 2 is 1.75 bits per heavy atom. The number of hydrogen-bond donors (Lipinski definition) is 2. The van der Waals surface area contributed by atoms with Gasteiger partial charge < -0.3 is 20.0 Å². The topological polar surface area (TPSA) is 119 Å². The lowest BCUT2D eigenvalue weighted by Gasteiger charge is -2.53. The van der Waals surface area contributed by atoms with Crippen molar-refractivity contribution in [1.29, 1.82) is 0 Å². The number of likely N-dealkylation sites (tertiary alicyclic amines) is 2. The van der Waals surface area contributed by atoms with Crippen LogP contribution < -0.4 is 10.9 Å². The highest BCUT2D eigenvalue weighted by Gasteiger charge is 2.45. The van der Waals surface area contributed by atoms with Gasteiger partial charge in [-0.05, 0) is 50.0 Å². The molecular formula is C26H32N6O4. The van der Waals surface area contributed by atoms with Gasteiger partial charge in [0.1, 0.15) is 0 Å². The molecule has 5 heterocycles. The van der Waals surface area contributed by atoms with Crippen molar-refractivity contribution < 1.29 is 14.4 Å². The van der Waals surface area contributed by atoms with Crippen molar-refractivity contribution in [2.24, 2.45) is 11.8 Å². The number of urea groups is 1. The Balaban J connectivity index is 1.06.